The number of nitrogens with zero attached hydrogens (tertiary/aromatic N) is 3. The highest BCUT2D eigenvalue weighted by Crippen LogP contribution is 2.16. The first kappa shape index (κ1) is 12.3. The number of nitrogens with one attached hydrogen (secondary N) is 1. The molecule has 0 fully saturated rings. The van der Waals surface area contributed by atoms with Crippen molar-refractivity contribution in [1.82, 2.24) is 19.9 Å². The van der Waals surface area contributed by atoms with Crippen molar-refractivity contribution < 1.29 is 0 Å². The smallest absolute Gasteiger partial charge is 0.109 e. The first-order chi connectivity index (χ1) is 8.16. The highest BCUT2D eigenvalue weighted by Gasteiger charge is 2.04. The van der Waals surface area contributed by atoms with Crippen LogP contribution < -0.4 is 5.32 Å². The minimum Gasteiger partial charge on any atom is -0.338 e. The van der Waals surface area contributed by atoms with Gasteiger partial charge in [0.25, 0.3) is 0 Å². The van der Waals surface area contributed by atoms with E-state index in [9.17, 15) is 0 Å². The lowest BCUT2D eigenvalue weighted by Gasteiger charge is -2.04. The Balaban J connectivity index is 1.77. The van der Waals surface area contributed by atoms with Crippen molar-refractivity contribution >= 4 is 11.3 Å². The van der Waals surface area contributed by atoms with E-state index in [1.165, 1.54) is 4.88 Å². The largest absolute Gasteiger partial charge is 0.338 e. The monoisotopic (exact) mass is 250 g/mol. The van der Waals surface area contributed by atoms with Crippen molar-refractivity contribution in [3.8, 4) is 0 Å². The molecule has 0 aliphatic heterocycles. The van der Waals surface area contributed by atoms with E-state index in [0.29, 0.717) is 0 Å². The van der Waals surface area contributed by atoms with Crippen molar-refractivity contribution in [2.75, 3.05) is 6.54 Å². The van der Waals surface area contributed by atoms with Gasteiger partial charge in [-0.25, -0.2) is 9.97 Å². The second kappa shape index (κ2) is 5.42. The maximum atomic E-state index is 4.42. The maximum absolute atomic E-state index is 4.42. The Morgan fingerprint density at radius 2 is 2.24 bits per heavy atom. The van der Waals surface area contributed by atoms with Gasteiger partial charge >= 0.3 is 0 Å². The quantitative estimate of drug-likeness (QED) is 0.823. The molecular formula is C12H18N4S. The summed E-state index contributed by atoms with van der Waals surface area (Å²) >= 11 is 1.77. The number of aromatic nitrogens is 3. The fraction of sp³-hybridized carbons (Fsp3) is 0.500. The highest BCUT2D eigenvalue weighted by atomic mass is 32.1. The van der Waals surface area contributed by atoms with E-state index in [2.05, 4.69) is 33.7 Å². The summed E-state index contributed by atoms with van der Waals surface area (Å²) in [6.07, 6.45) is 4.78. The molecule has 0 bridgehead atoms. The van der Waals surface area contributed by atoms with Gasteiger partial charge in [0.15, 0.2) is 0 Å². The summed E-state index contributed by atoms with van der Waals surface area (Å²) in [5.41, 5.74) is 1.15. The van der Waals surface area contributed by atoms with Gasteiger partial charge in [-0.3, -0.25) is 0 Å². The number of thiazole rings is 1. The Kier molecular flexibility index (Phi) is 3.91. The van der Waals surface area contributed by atoms with Crippen LogP contribution in [0.15, 0.2) is 12.4 Å². The summed E-state index contributed by atoms with van der Waals surface area (Å²) in [6, 6.07) is 0. The van der Waals surface area contributed by atoms with Crippen LogP contribution in [0.2, 0.25) is 0 Å². The van der Waals surface area contributed by atoms with Gasteiger partial charge in [-0.2, -0.15) is 0 Å². The van der Waals surface area contributed by atoms with Crippen molar-refractivity contribution in [3.63, 3.8) is 0 Å². The van der Waals surface area contributed by atoms with Gasteiger partial charge < -0.3 is 9.88 Å². The fourth-order valence-corrected chi connectivity index (χ4v) is 2.68. The van der Waals surface area contributed by atoms with E-state index in [1.54, 1.807) is 11.3 Å². The first-order valence-corrected chi connectivity index (χ1v) is 6.58. The van der Waals surface area contributed by atoms with Gasteiger partial charge in [-0.15, -0.1) is 11.3 Å². The number of hydrogen-bond acceptors (Lipinski definition) is 4. The van der Waals surface area contributed by atoms with Crippen molar-refractivity contribution in [2.24, 2.45) is 7.05 Å². The molecule has 2 rings (SSSR count). The SMILES string of the molecule is Cc1nc(C)c(CNCCc2nccn2C)s1. The molecule has 0 aromatic carbocycles. The lowest BCUT2D eigenvalue weighted by atomic mass is 10.3. The molecule has 1 N–H and O–H groups in total. The summed E-state index contributed by atoms with van der Waals surface area (Å²) < 4.78 is 2.06. The topological polar surface area (TPSA) is 42.7 Å². The normalized spacial score (nSPS) is 11.0. The summed E-state index contributed by atoms with van der Waals surface area (Å²) in [7, 11) is 2.03. The molecular weight excluding hydrogens is 232 g/mol. The van der Waals surface area contributed by atoms with Gasteiger partial charge in [0.1, 0.15) is 5.82 Å². The third-order valence-electron chi connectivity index (χ3n) is 2.73. The number of imidazole rings is 1. The van der Waals surface area contributed by atoms with E-state index < -0.39 is 0 Å². The molecule has 0 spiro atoms. The molecule has 0 unspecified atom stereocenters. The number of rotatable bonds is 5. The molecule has 92 valence electrons. The van der Waals surface area contributed by atoms with Crippen LogP contribution in [0.4, 0.5) is 0 Å². The second-order valence-corrected chi connectivity index (χ2v) is 5.41. The molecule has 0 saturated heterocycles. The van der Waals surface area contributed by atoms with E-state index in [1.807, 2.05) is 19.4 Å². The molecule has 0 amide bonds. The van der Waals surface area contributed by atoms with E-state index >= 15 is 0 Å². The molecule has 0 radical (unpaired) electrons. The van der Waals surface area contributed by atoms with Gasteiger partial charge in [-0.1, -0.05) is 0 Å². The van der Waals surface area contributed by atoms with Gasteiger partial charge in [-0.05, 0) is 13.8 Å². The van der Waals surface area contributed by atoms with E-state index in [4.69, 9.17) is 0 Å². The molecule has 0 aliphatic rings. The zero-order chi connectivity index (χ0) is 12.3. The molecule has 2 heterocycles. The average molecular weight is 250 g/mol. The third kappa shape index (κ3) is 3.14. The Morgan fingerprint density at radius 1 is 1.41 bits per heavy atom. The van der Waals surface area contributed by atoms with Gasteiger partial charge in [0.05, 0.1) is 10.7 Å². The number of hydrogen-bond donors (Lipinski definition) is 1. The Labute approximate surface area is 106 Å². The predicted octanol–water partition coefficient (Wildman–Crippen LogP) is 1.83. The zero-order valence-electron chi connectivity index (χ0n) is 10.5. The molecule has 0 aliphatic carbocycles. The molecule has 5 heteroatoms. The van der Waals surface area contributed by atoms with Crippen LogP contribution in [0.1, 0.15) is 21.4 Å². The molecule has 0 atom stereocenters. The summed E-state index contributed by atoms with van der Waals surface area (Å²) in [6.45, 7) is 5.97. The molecule has 2 aromatic rings. The van der Waals surface area contributed by atoms with E-state index in [0.717, 1.165) is 36.0 Å². The van der Waals surface area contributed by atoms with E-state index in [-0.39, 0.29) is 0 Å². The predicted molar refractivity (Wildman–Crippen MR) is 70.2 cm³/mol. The highest BCUT2D eigenvalue weighted by molar-refractivity contribution is 7.11. The average Bonchev–Trinajstić information content (AvgIpc) is 2.81. The minimum absolute atomic E-state index is 0.905. The van der Waals surface area contributed by atoms with Gasteiger partial charge in [0, 0.05) is 43.8 Å². The van der Waals surface area contributed by atoms with Crippen molar-refractivity contribution in [1.29, 1.82) is 0 Å². The van der Waals surface area contributed by atoms with Crippen molar-refractivity contribution in [3.05, 3.63) is 33.8 Å². The van der Waals surface area contributed by atoms with Crippen LogP contribution in [0.5, 0.6) is 0 Å². The molecule has 17 heavy (non-hydrogen) atoms. The van der Waals surface area contributed by atoms with Crippen LogP contribution in [0.3, 0.4) is 0 Å². The lowest BCUT2D eigenvalue weighted by molar-refractivity contribution is 0.657. The van der Waals surface area contributed by atoms with Crippen LogP contribution in [0.25, 0.3) is 0 Å². The van der Waals surface area contributed by atoms with Gasteiger partial charge in [0.2, 0.25) is 0 Å². The summed E-state index contributed by atoms with van der Waals surface area (Å²) in [5, 5.41) is 4.58. The maximum Gasteiger partial charge on any atom is 0.109 e. The molecule has 0 saturated carbocycles. The van der Waals surface area contributed by atoms with Crippen LogP contribution in [-0.4, -0.2) is 21.1 Å². The second-order valence-electron chi connectivity index (χ2n) is 4.12. The lowest BCUT2D eigenvalue weighted by Crippen LogP contribution is -2.18. The van der Waals surface area contributed by atoms with Crippen LogP contribution in [0, 0.1) is 13.8 Å². The van der Waals surface area contributed by atoms with Crippen LogP contribution in [-0.2, 0) is 20.0 Å². The van der Waals surface area contributed by atoms with Crippen LogP contribution >= 0.6 is 11.3 Å². The zero-order valence-corrected chi connectivity index (χ0v) is 11.3. The summed E-state index contributed by atoms with van der Waals surface area (Å²) in [5.74, 6) is 1.12. The molecule has 2 aromatic heterocycles. The third-order valence-corrected chi connectivity index (χ3v) is 3.80. The first-order valence-electron chi connectivity index (χ1n) is 5.76. The Bertz CT molecular complexity index is 486. The molecule has 4 nitrogen and oxygen atoms in total. The Hall–Kier alpha value is -1.20. The fourth-order valence-electron chi connectivity index (χ4n) is 1.78. The Morgan fingerprint density at radius 3 is 2.82 bits per heavy atom. The number of aryl methyl sites for hydroxylation is 3. The summed E-state index contributed by atoms with van der Waals surface area (Å²) in [4.78, 5) is 10.0. The minimum atomic E-state index is 0.905. The van der Waals surface area contributed by atoms with Crippen molar-refractivity contribution in [2.45, 2.75) is 26.8 Å². The standard InChI is InChI=1S/C12H18N4S/c1-9-11(17-10(2)15-9)8-13-5-4-12-14-6-7-16(12)3/h6-7,13H,4-5,8H2,1-3H3.